The van der Waals surface area contributed by atoms with Crippen LogP contribution in [-0.2, 0) is 8.85 Å². The maximum absolute atomic E-state index is 6.29. The van der Waals surface area contributed by atoms with Crippen LogP contribution in [0.5, 0.6) is 0 Å². The first-order valence-corrected chi connectivity index (χ1v) is 13.7. The highest BCUT2D eigenvalue weighted by molar-refractivity contribution is 6.70. The van der Waals surface area contributed by atoms with Gasteiger partial charge in [0, 0.05) is 12.3 Å². The Morgan fingerprint density at radius 3 is 1.67 bits per heavy atom. The number of hydrogen-bond donors (Lipinski definition) is 0. The Hall–Kier alpha value is -0.226. The van der Waals surface area contributed by atoms with Crippen molar-refractivity contribution < 1.29 is 8.85 Å². The Morgan fingerprint density at radius 1 is 0.889 bits per heavy atom. The summed E-state index contributed by atoms with van der Waals surface area (Å²) in [5.74, 6) is 2.82. The van der Waals surface area contributed by atoms with Gasteiger partial charge in [-0.15, -0.1) is 0 Å². The third-order valence-corrected chi connectivity index (χ3v) is 4.56. The molecular weight excluding hydrogens is 256 g/mol. The van der Waals surface area contributed by atoms with E-state index >= 15 is 0 Å². The van der Waals surface area contributed by atoms with Gasteiger partial charge in [-0.05, 0) is 44.7 Å². The minimum atomic E-state index is -1.55. The van der Waals surface area contributed by atoms with E-state index < -0.39 is 16.6 Å². The van der Waals surface area contributed by atoms with Gasteiger partial charge in [0.25, 0.3) is 0 Å². The molecule has 1 aliphatic rings. The van der Waals surface area contributed by atoms with Crippen LogP contribution < -0.4 is 0 Å². The van der Waals surface area contributed by atoms with Gasteiger partial charge in [0.1, 0.15) is 11.5 Å². The molecule has 0 amide bonds. The summed E-state index contributed by atoms with van der Waals surface area (Å²) in [4.78, 5) is 0. The van der Waals surface area contributed by atoms with Crippen molar-refractivity contribution in [1.82, 2.24) is 0 Å². The van der Waals surface area contributed by atoms with Gasteiger partial charge in [-0.25, -0.2) is 0 Å². The van der Waals surface area contributed by atoms with Crippen LogP contribution in [0.25, 0.3) is 0 Å². The Kier molecular flexibility index (Phi) is 4.14. The van der Waals surface area contributed by atoms with Crippen molar-refractivity contribution in [3.8, 4) is 0 Å². The summed E-state index contributed by atoms with van der Waals surface area (Å²) in [6.45, 7) is 20.3. The van der Waals surface area contributed by atoms with Gasteiger partial charge < -0.3 is 8.85 Å². The molecule has 4 heteroatoms. The minimum Gasteiger partial charge on any atom is -0.545 e. The molecule has 1 rings (SSSR count). The van der Waals surface area contributed by atoms with Crippen molar-refractivity contribution in [2.24, 2.45) is 11.3 Å². The van der Waals surface area contributed by atoms with E-state index in [9.17, 15) is 0 Å². The molecule has 106 valence electrons. The molecule has 0 bridgehead atoms. The molecule has 0 aliphatic heterocycles. The molecule has 0 radical (unpaired) electrons. The van der Waals surface area contributed by atoms with Crippen LogP contribution in [0, 0.1) is 11.3 Å². The third kappa shape index (κ3) is 4.46. The summed E-state index contributed by atoms with van der Waals surface area (Å²) < 4.78 is 12.5. The topological polar surface area (TPSA) is 18.5 Å². The third-order valence-electron chi connectivity index (χ3n) is 2.87. The van der Waals surface area contributed by atoms with Crippen LogP contribution in [0.1, 0.15) is 27.2 Å². The smallest absolute Gasteiger partial charge is 0.241 e. The monoisotopic (exact) mass is 286 g/mol. The molecule has 1 atom stereocenters. The first kappa shape index (κ1) is 15.8. The average Bonchev–Trinajstić information content (AvgIpc) is 2.03. The standard InChI is InChI=1S/C14H30O2Si2/c1-14(2,3)11-10-12(15-17(4,5)6)13(11)16-18(7,8)9/h11H,10H2,1-9H3. The minimum absolute atomic E-state index is 0.265. The highest BCUT2D eigenvalue weighted by atomic mass is 28.4. The van der Waals surface area contributed by atoms with Crippen LogP contribution in [0.3, 0.4) is 0 Å². The lowest BCUT2D eigenvalue weighted by atomic mass is 9.71. The molecule has 0 N–H and O–H groups in total. The lowest BCUT2D eigenvalue weighted by Gasteiger charge is -2.44. The molecule has 0 aromatic heterocycles. The molecule has 2 nitrogen and oxygen atoms in total. The van der Waals surface area contributed by atoms with E-state index in [1.807, 2.05) is 0 Å². The molecule has 0 heterocycles. The van der Waals surface area contributed by atoms with E-state index in [2.05, 4.69) is 60.1 Å². The zero-order valence-electron chi connectivity index (χ0n) is 13.6. The van der Waals surface area contributed by atoms with E-state index in [0.717, 1.165) is 17.9 Å². The van der Waals surface area contributed by atoms with Gasteiger partial charge in [-0.3, -0.25) is 0 Å². The molecule has 18 heavy (non-hydrogen) atoms. The van der Waals surface area contributed by atoms with Gasteiger partial charge in [0.05, 0.1) is 0 Å². The van der Waals surface area contributed by atoms with E-state index in [1.165, 1.54) is 0 Å². The van der Waals surface area contributed by atoms with Crippen molar-refractivity contribution in [3.05, 3.63) is 11.5 Å². The second kappa shape index (κ2) is 4.71. The largest absolute Gasteiger partial charge is 0.545 e. The molecule has 1 aliphatic carbocycles. The van der Waals surface area contributed by atoms with E-state index in [-0.39, 0.29) is 5.41 Å². The summed E-state index contributed by atoms with van der Waals surface area (Å²) in [5.41, 5.74) is 0.265. The lowest BCUT2D eigenvalue weighted by Crippen LogP contribution is -2.40. The van der Waals surface area contributed by atoms with Gasteiger partial charge in [-0.2, -0.15) is 0 Å². The zero-order chi connectivity index (χ0) is 14.4. The Morgan fingerprint density at radius 2 is 1.33 bits per heavy atom. The summed E-state index contributed by atoms with van der Waals surface area (Å²) in [6, 6.07) is 0. The van der Waals surface area contributed by atoms with Crippen molar-refractivity contribution in [3.63, 3.8) is 0 Å². The predicted molar refractivity (Wildman–Crippen MR) is 83.5 cm³/mol. The maximum atomic E-state index is 6.29. The molecular formula is C14H30O2Si2. The van der Waals surface area contributed by atoms with Crippen molar-refractivity contribution in [1.29, 1.82) is 0 Å². The lowest BCUT2D eigenvalue weighted by molar-refractivity contribution is 0.127. The molecule has 0 aromatic rings. The van der Waals surface area contributed by atoms with Gasteiger partial charge >= 0.3 is 0 Å². The molecule has 0 spiro atoms. The second-order valence-corrected chi connectivity index (χ2v) is 17.2. The van der Waals surface area contributed by atoms with Crippen LogP contribution in [0.4, 0.5) is 0 Å². The zero-order valence-corrected chi connectivity index (χ0v) is 15.6. The van der Waals surface area contributed by atoms with Gasteiger partial charge in [0.2, 0.25) is 16.6 Å². The number of hydrogen-bond acceptors (Lipinski definition) is 2. The van der Waals surface area contributed by atoms with Crippen LogP contribution in [-0.4, -0.2) is 16.6 Å². The highest BCUT2D eigenvalue weighted by Gasteiger charge is 2.43. The SMILES string of the molecule is CC(C)(C)C1CC(O[Si](C)(C)C)=C1O[Si](C)(C)C. The Bertz CT molecular complexity index is 340. The Balaban J connectivity index is 2.93. The number of allylic oxidation sites excluding steroid dienone is 2. The predicted octanol–water partition coefficient (Wildman–Crippen LogP) is 4.97. The van der Waals surface area contributed by atoms with Gasteiger partial charge in [-0.1, -0.05) is 20.8 Å². The maximum Gasteiger partial charge on any atom is 0.241 e. The quantitative estimate of drug-likeness (QED) is 0.680. The molecule has 0 aromatic carbocycles. The van der Waals surface area contributed by atoms with E-state index in [4.69, 9.17) is 8.85 Å². The summed E-state index contributed by atoms with van der Waals surface area (Å²) in [7, 11) is -3.07. The molecule has 1 unspecified atom stereocenters. The van der Waals surface area contributed by atoms with Crippen LogP contribution in [0.2, 0.25) is 39.3 Å². The molecule has 0 saturated heterocycles. The first-order valence-electron chi connectivity index (χ1n) is 6.91. The average molecular weight is 287 g/mol. The molecule has 0 fully saturated rings. The fourth-order valence-electron chi connectivity index (χ4n) is 2.06. The normalized spacial score (nSPS) is 21.7. The fourth-order valence-corrected chi connectivity index (χ4v) is 3.90. The number of rotatable bonds is 4. The highest BCUT2D eigenvalue weighted by Crippen LogP contribution is 2.48. The molecule has 0 saturated carbocycles. The second-order valence-electron chi connectivity index (χ2n) is 8.34. The van der Waals surface area contributed by atoms with Crippen molar-refractivity contribution in [2.75, 3.05) is 0 Å². The van der Waals surface area contributed by atoms with Crippen LogP contribution in [0.15, 0.2) is 11.5 Å². The summed E-state index contributed by atoms with van der Waals surface area (Å²) >= 11 is 0. The van der Waals surface area contributed by atoms with E-state index in [1.54, 1.807) is 0 Å². The van der Waals surface area contributed by atoms with Gasteiger partial charge in [0.15, 0.2) is 0 Å². The van der Waals surface area contributed by atoms with E-state index in [0.29, 0.717) is 5.92 Å². The van der Waals surface area contributed by atoms with Crippen molar-refractivity contribution >= 4 is 16.6 Å². The van der Waals surface area contributed by atoms with Crippen molar-refractivity contribution in [2.45, 2.75) is 66.5 Å². The summed E-state index contributed by atoms with van der Waals surface area (Å²) in [5, 5.41) is 0. The van der Waals surface area contributed by atoms with Crippen LogP contribution >= 0.6 is 0 Å². The Labute approximate surface area is 115 Å². The summed E-state index contributed by atoms with van der Waals surface area (Å²) in [6.07, 6.45) is 1.05. The fraction of sp³-hybridized carbons (Fsp3) is 0.857. The first-order chi connectivity index (χ1) is 7.80.